The zero-order valence-electron chi connectivity index (χ0n) is 10.2. The summed E-state index contributed by atoms with van der Waals surface area (Å²) >= 11 is 0. The molecule has 14 heavy (non-hydrogen) atoms. The average Bonchev–Trinajstić information content (AvgIpc) is 2.14. The molecule has 0 aromatic rings. The molecule has 1 aliphatic heterocycles. The molecule has 1 aliphatic rings. The van der Waals surface area contributed by atoms with Gasteiger partial charge < -0.3 is 10.2 Å². The van der Waals surface area contributed by atoms with Crippen LogP contribution in [0.3, 0.4) is 0 Å². The third kappa shape index (κ3) is 3.58. The molecule has 1 saturated heterocycles. The van der Waals surface area contributed by atoms with Crippen molar-refractivity contribution in [1.82, 2.24) is 10.2 Å². The van der Waals surface area contributed by atoms with Gasteiger partial charge in [0.25, 0.3) is 0 Å². The van der Waals surface area contributed by atoms with Gasteiger partial charge in [-0.2, -0.15) is 0 Å². The van der Waals surface area contributed by atoms with Gasteiger partial charge in [-0.15, -0.1) is 0 Å². The molecule has 0 saturated carbocycles. The van der Waals surface area contributed by atoms with E-state index in [2.05, 4.69) is 38.0 Å². The van der Waals surface area contributed by atoms with Crippen molar-refractivity contribution in [2.24, 2.45) is 5.92 Å². The van der Waals surface area contributed by atoms with Gasteiger partial charge in [-0.3, -0.25) is 0 Å². The molecule has 0 bridgehead atoms. The van der Waals surface area contributed by atoms with Crippen molar-refractivity contribution in [3.05, 3.63) is 0 Å². The number of piperidine rings is 1. The number of likely N-dealkylation sites (N-methyl/N-ethyl adjacent to an activating group) is 1. The summed E-state index contributed by atoms with van der Waals surface area (Å²) in [5.41, 5.74) is 0. The Labute approximate surface area is 89.1 Å². The van der Waals surface area contributed by atoms with Crippen LogP contribution in [0.15, 0.2) is 0 Å². The first kappa shape index (κ1) is 12.0. The van der Waals surface area contributed by atoms with Crippen molar-refractivity contribution < 1.29 is 0 Å². The van der Waals surface area contributed by atoms with Crippen molar-refractivity contribution >= 4 is 0 Å². The molecule has 84 valence electrons. The Bertz CT molecular complexity index is 156. The Morgan fingerprint density at radius 2 is 2.14 bits per heavy atom. The molecule has 2 atom stereocenters. The van der Waals surface area contributed by atoms with Crippen LogP contribution in [0.5, 0.6) is 0 Å². The Hall–Kier alpha value is -0.0800. The van der Waals surface area contributed by atoms with E-state index in [-0.39, 0.29) is 0 Å². The number of nitrogens with zero attached hydrogens (tertiary/aromatic N) is 1. The molecule has 2 unspecified atom stereocenters. The summed E-state index contributed by atoms with van der Waals surface area (Å²) in [6.07, 6.45) is 3.95. The molecule has 0 spiro atoms. The van der Waals surface area contributed by atoms with E-state index >= 15 is 0 Å². The van der Waals surface area contributed by atoms with Gasteiger partial charge in [0, 0.05) is 18.6 Å². The van der Waals surface area contributed by atoms with Gasteiger partial charge in [0.2, 0.25) is 0 Å². The lowest BCUT2D eigenvalue weighted by Crippen LogP contribution is -2.49. The molecule has 0 aromatic carbocycles. The SMILES string of the molecule is CCC(NC1CCCN(C)C1)C(C)C. The molecular weight excluding hydrogens is 172 g/mol. The molecule has 0 aromatic heterocycles. The quantitative estimate of drug-likeness (QED) is 0.744. The number of likely N-dealkylation sites (tertiary alicyclic amines) is 1. The van der Waals surface area contributed by atoms with Crippen molar-refractivity contribution in [3.8, 4) is 0 Å². The molecule has 1 heterocycles. The number of hydrogen-bond acceptors (Lipinski definition) is 2. The van der Waals surface area contributed by atoms with E-state index in [0.717, 1.165) is 12.0 Å². The monoisotopic (exact) mass is 198 g/mol. The van der Waals surface area contributed by atoms with Gasteiger partial charge in [0.15, 0.2) is 0 Å². The topological polar surface area (TPSA) is 15.3 Å². The lowest BCUT2D eigenvalue weighted by atomic mass is 9.98. The van der Waals surface area contributed by atoms with E-state index in [1.54, 1.807) is 0 Å². The lowest BCUT2D eigenvalue weighted by molar-refractivity contribution is 0.204. The summed E-state index contributed by atoms with van der Waals surface area (Å²) in [5.74, 6) is 0.757. The van der Waals surface area contributed by atoms with Crippen LogP contribution in [-0.2, 0) is 0 Å². The van der Waals surface area contributed by atoms with Crippen LogP contribution in [-0.4, -0.2) is 37.1 Å². The van der Waals surface area contributed by atoms with Crippen LogP contribution in [0.1, 0.15) is 40.0 Å². The highest BCUT2D eigenvalue weighted by molar-refractivity contribution is 4.81. The van der Waals surface area contributed by atoms with Gasteiger partial charge in [-0.05, 0) is 38.8 Å². The third-order valence-electron chi connectivity index (χ3n) is 3.32. The molecule has 1 rings (SSSR count). The smallest absolute Gasteiger partial charge is 0.0198 e. The summed E-state index contributed by atoms with van der Waals surface area (Å²) in [5, 5.41) is 3.79. The normalized spacial score (nSPS) is 26.8. The van der Waals surface area contributed by atoms with E-state index in [1.807, 2.05) is 0 Å². The molecular formula is C12H26N2. The molecule has 1 N–H and O–H groups in total. The van der Waals surface area contributed by atoms with Gasteiger partial charge in [0.1, 0.15) is 0 Å². The van der Waals surface area contributed by atoms with Crippen LogP contribution < -0.4 is 5.32 Å². The van der Waals surface area contributed by atoms with Crippen LogP contribution in [0.2, 0.25) is 0 Å². The van der Waals surface area contributed by atoms with Crippen molar-refractivity contribution in [3.63, 3.8) is 0 Å². The Balaban J connectivity index is 2.33. The fraction of sp³-hybridized carbons (Fsp3) is 1.00. The lowest BCUT2D eigenvalue weighted by Gasteiger charge is -2.34. The van der Waals surface area contributed by atoms with Gasteiger partial charge in [0.05, 0.1) is 0 Å². The summed E-state index contributed by atoms with van der Waals surface area (Å²) in [4.78, 5) is 2.44. The Kier molecular flexibility index (Phi) is 4.90. The van der Waals surface area contributed by atoms with Crippen molar-refractivity contribution in [2.75, 3.05) is 20.1 Å². The molecule has 0 aliphatic carbocycles. The largest absolute Gasteiger partial charge is 0.310 e. The highest BCUT2D eigenvalue weighted by Crippen LogP contribution is 2.12. The zero-order chi connectivity index (χ0) is 10.6. The fourth-order valence-electron chi connectivity index (χ4n) is 2.39. The molecule has 0 amide bonds. The maximum Gasteiger partial charge on any atom is 0.0198 e. The fourth-order valence-corrected chi connectivity index (χ4v) is 2.39. The number of nitrogens with one attached hydrogen (secondary N) is 1. The maximum absolute atomic E-state index is 3.79. The Morgan fingerprint density at radius 3 is 2.64 bits per heavy atom. The van der Waals surface area contributed by atoms with Crippen LogP contribution >= 0.6 is 0 Å². The molecule has 0 radical (unpaired) electrons. The first-order chi connectivity index (χ1) is 6.63. The van der Waals surface area contributed by atoms with E-state index < -0.39 is 0 Å². The Morgan fingerprint density at radius 1 is 1.43 bits per heavy atom. The van der Waals surface area contributed by atoms with Crippen LogP contribution in [0.4, 0.5) is 0 Å². The minimum absolute atomic E-state index is 0.700. The van der Waals surface area contributed by atoms with Crippen molar-refractivity contribution in [2.45, 2.75) is 52.1 Å². The minimum Gasteiger partial charge on any atom is -0.310 e. The summed E-state index contributed by atoms with van der Waals surface area (Å²) < 4.78 is 0. The standard InChI is InChI=1S/C12H26N2/c1-5-12(10(2)3)13-11-7-6-8-14(4)9-11/h10-13H,5-9H2,1-4H3. The third-order valence-corrected chi connectivity index (χ3v) is 3.32. The second-order valence-electron chi connectivity index (χ2n) is 5.03. The second-order valence-corrected chi connectivity index (χ2v) is 5.03. The second kappa shape index (κ2) is 5.72. The van der Waals surface area contributed by atoms with Gasteiger partial charge >= 0.3 is 0 Å². The first-order valence-electron chi connectivity index (χ1n) is 6.08. The highest BCUT2D eigenvalue weighted by atomic mass is 15.1. The summed E-state index contributed by atoms with van der Waals surface area (Å²) in [6.45, 7) is 9.41. The van der Waals surface area contributed by atoms with Crippen LogP contribution in [0.25, 0.3) is 0 Å². The summed E-state index contributed by atoms with van der Waals surface area (Å²) in [7, 11) is 2.23. The molecule has 1 fully saturated rings. The predicted molar refractivity (Wildman–Crippen MR) is 62.6 cm³/mol. The van der Waals surface area contributed by atoms with Gasteiger partial charge in [-0.25, -0.2) is 0 Å². The maximum atomic E-state index is 3.79. The van der Waals surface area contributed by atoms with Crippen LogP contribution in [0, 0.1) is 5.92 Å². The number of rotatable bonds is 4. The minimum atomic E-state index is 0.700. The highest BCUT2D eigenvalue weighted by Gasteiger charge is 2.20. The average molecular weight is 198 g/mol. The van der Waals surface area contributed by atoms with E-state index in [4.69, 9.17) is 0 Å². The zero-order valence-corrected chi connectivity index (χ0v) is 10.2. The van der Waals surface area contributed by atoms with Crippen molar-refractivity contribution in [1.29, 1.82) is 0 Å². The van der Waals surface area contributed by atoms with E-state index in [9.17, 15) is 0 Å². The van der Waals surface area contributed by atoms with E-state index in [0.29, 0.717) is 6.04 Å². The molecule has 2 nitrogen and oxygen atoms in total. The number of hydrogen-bond donors (Lipinski definition) is 1. The van der Waals surface area contributed by atoms with Gasteiger partial charge in [-0.1, -0.05) is 20.8 Å². The van der Waals surface area contributed by atoms with E-state index in [1.165, 1.54) is 32.4 Å². The molecule has 2 heteroatoms. The first-order valence-corrected chi connectivity index (χ1v) is 6.08. The summed E-state index contributed by atoms with van der Waals surface area (Å²) in [6, 6.07) is 1.42. The predicted octanol–water partition coefficient (Wildman–Crippen LogP) is 2.10.